The van der Waals surface area contributed by atoms with E-state index in [2.05, 4.69) is 50.2 Å². The summed E-state index contributed by atoms with van der Waals surface area (Å²) in [6.45, 7) is 6.00. The molecule has 25 heavy (non-hydrogen) atoms. The number of methoxy groups -OCH3 is 1. The van der Waals surface area contributed by atoms with Crippen LogP contribution in [-0.2, 0) is 0 Å². The minimum atomic E-state index is -0.317. The van der Waals surface area contributed by atoms with E-state index in [1.54, 1.807) is 31.7 Å². The lowest BCUT2D eigenvalue weighted by molar-refractivity contribution is 0.0954. The SMILES string of the molecule is CCN(CC)c1cc(OC)c(/C=N\NC(=O)c2cccnc2)cc1Br. The molecule has 0 spiro atoms. The van der Waals surface area contributed by atoms with Gasteiger partial charge in [0.1, 0.15) is 5.75 Å². The minimum Gasteiger partial charge on any atom is -0.496 e. The number of rotatable bonds is 7. The average Bonchev–Trinajstić information content (AvgIpc) is 2.64. The van der Waals surface area contributed by atoms with Gasteiger partial charge >= 0.3 is 0 Å². The molecule has 0 fully saturated rings. The highest BCUT2D eigenvalue weighted by atomic mass is 79.9. The van der Waals surface area contributed by atoms with E-state index in [0.29, 0.717) is 11.3 Å². The first-order chi connectivity index (χ1) is 12.1. The summed E-state index contributed by atoms with van der Waals surface area (Å²) in [5.74, 6) is 0.367. The van der Waals surface area contributed by atoms with Crippen LogP contribution in [-0.4, -0.2) is 37.3 Å². The number of carbonyl (C=O) groups excluding carboxylic acids is 1. The molecule has 0 aliphatic rings. The molecule has 1 amide bonds. The molecule has 0 unspecified atom stereocenters. The van der Waals surface area contributed by atoms with Crippen LogP contribution in [0.15, 0.2) is 46.2 Å². The number of ether oxygens (including phenoxy) is 1. The third-order valence-corrected chi connectivity index (χ3v) is 4.33. The Bertz CT molecular complexity index is 746. The molecule has 0 bridgehead atoms. The van der Waals surface area contributed by atoms with E-state index < -0.39 is 0 Å². The Morgan fingerprint density at radius 2 is 2.16 bits per heavy atom. The summed E-state index contributed by atoms with van der Waals surface area (Å²) in [5, 5.41) is 4.02. The van der Waals surface area contributed by atoms with Gasteiger partial charge < -0.3 is 9.64 Å². The molecule has 2 rings (SSSR count). The second-order valence-electron chi connectivity index (χ2n) is 5.16. The van der Waals surface area contributed by atoms with Gasteiger partial charge in [0.15, 0.2) is 0 Å². The second-order valence-corrected chi connectivity index (χ2v) is 6.01. The third-order valence-electron chi connectivity index (χ3n) is 3.70. The topological polar surface area (TPSA) is 66.8 Å². The van der Waals surface area contributed by atoms with Gasteiger partial charge in [-0.15, -0.1) is 0 Å². The Morgan fingerprint density at radius 3 is 2.76 bits per heavy atom. The van der Waals surface area contributed by atoms with Gasteiger partial charge in [-0.25, -0.2) is 5.43 Å². The van der Waals surface area contributed by atoms with Gasteiger partial charge in [-0.3, -0.25) is 9.78 Å². The van der Waals surface area contributed by atoms with Gasteiger partial charge in [-0.05, 0) is 48.0 Å². The second kappa shape index (κ2) is 9.17. The Balaban J connectivity index is 2.18. The van der Waals surface area contributed by atoms with Crippen molar-refractivity contribution in [1.82, 2.24) is 10.4 Å². The lowest BCUT2D eigenvalue weighted by Crippen LogP contribution is -2.22. The smallest absolute Gasteiger partial charge is 0.272 e. The van der Waals surface area contributed by atoms with Crippen LogP contribution in [0.4, 0.5) is 5.69 Å². The highest BCUT2D eigenvalue weighted by Crippen LogP contribution is 2.33. The minimum absolute atomic E-state index is 0.317. The molecule has 1 aromatic carbocycles. The van der Waals surface area contributed by atoms with Crippen molar-refractivity contribution in [1.29, 1.82) is 0 Å². The van der Waals surface area contributed by atoms with Crippen LogP contribution in [0.5, 0.6) is 5.75 Å². The van der Waals surface area contributed by atoms with Crippen molar-refractivity contribution in [2.75, 3.05) is 25.1 Å². The van der Waals surface area contributed by atoms with Crippen LogP contribution < -0.4 is 15.1 Å². The number of benzene rings is 1. The summed E-state index contributed by atoms with van der Waals surface area (Å²) in [6.07, 6.45) is 4.66. The maximum Gasteiger partial charge on any atom is 0.272 e. The van der Waals surface area contributed by atoms with Crippen LogP contribution in [0.25, 0.3) is 0 Å². The first kappa shape index (κ1) is 18.9. The van der Waals surface area contributed by atoms with Crippen LogP contribution in [0, 0.1) is 0 Å². The number of nitrogens with one attached hydrogen (secondary N) is 1. The van der Waals surface area contributed by atoms with E-state index in [1.165, 1.54) is 6.20 Å². The highest BCUT2D eigenvalue weighted by molar-refractivity contribution is 9.10. The summed E-state index contributed by atoms with van der Waals surface area (Å²) < 4.78 is 6.40. The molecule has 0 aliphatic carbocycles. The number of hydrogen-bond donors (Lipinski definition) is 1. The number of anilines is 1. The lowest BCUT2D eigenvalue weighted by Gasteiger charge is -2.23. The molecule has 0 atom stereocenters. The molecule has 1 N–H and O–H groups in total. The number of nitrogens with zero attached hydrogens (tertiary/aromatic N) is 3. The molecule has 2 aromatic rings. The molecule has 0 radical (unpaired) electrons. The van der Waals surface area contributed by atoms with Crippen LogP contribution >= 0.6 is 15.9 Å². The van der Waals surface area contributed by atoms with Crippen molar-refractivity contribution in [3.63, 3.8) is 0 Å². The van der Waals surface area contributed by atoms with Gasteiger partial charge in [0.2, 0.25) is 0 Å². The van der Waals surface area contributed by atoms with Crippen molar-refractivity contribution < 1.29 is 9.53 Å². The molecule has 0 saturated carbocycles. The first-order valence-electron chi connectivity index (χ1n) is 7.96. The third kappa shape index (κ3) is 4.79. The van der Waals surface area contributed by atoms with Crippen molar-refractivity contribution in [2.24, 2.45) is 5.10 Å². The first-order valence-corrected chi connectivity index (χ1v) is 8.75. The van der Waals surface area contributed by atoms with Gasteiger partial charge in [0.05, 0.1) is 24.6 Å². The largest absolute Gasteiger partial charge is 0.496 e. The zero-order valence-corrected chi connectivity index (χ0v) is 16.1. The number of pyridine rings is 1. The van der Waals surface area contributed by atoms with Crippen LogP contribution in [0.2, 0.25) is 0 Å². The summed E-state index contributed by atoms with van der Waals surface area (Å²) in [7, 11) is 1.61. The number of hydrazone groups is 1. The van der Waals surface area contributed by atoms with Crippen molar-refractivity contribution >= 4 is 33.7 Å². The number of halogens is 1. The molecule has 0 saturated heterocycles. The van der Waals surface area contributed by atoms with Gasteiger partial charge in [-0.2, -0.15) is 5.10 Å². The Kier molecular flexibility index (Phi) is 6.94. The fourth-order valence-corrected chi connectivity index (χ4v) is 2.98. The number of hydrogen-bond acceptors (Lipinski definition) is 5. The Labute approximate surface area is 156 Å². The summed E-state index contributed by atoms with van der Waals surface area (Å²) in [4.78, 5) is 18.1. The Hall–Kier alpha value is -2.41. The van der Waals surface area contributed by atoms with E-state index in [9.17, 15) is 4.79 Å². The quantitative estimate of drug-likeness (QED) is 0.566. The van der Waals surface area contributed by atoms with Gasteiger partial charge in [0.25, 0.3) is 5.91 Å². The highest BCUT2D eigenvalue weighted by Gasteiger charge is 2.12. The average molecular weight is 405 g/mol. The molecule has 0 aliphatic heterocycles. The van der Waals surface area contributed by atoms with Crippen LogP contribution in [0.3, 0.4) is 0 Å². The standard InChI is InChI=1S/C18H21BrN4O2/c1-4-23(5-2)16-10-17(25-3)14(9-15(16)19)12-21-22-18(24)13-7-6-8-20-11-13/h6-12H,4-5H2,1-3H3,(H,22,24)/b21-12-. The Morgan fingerprint density at radius 1 is 1.40 bits per heavy atom. The summed E-state index contributed by atoms with van der Waals surface area (Å²) in [6, 6.07) is 7.26. The van der Waals surface area contributed by atoms with Gasteiger partial charge in [0, 0.05) is 41.6 Å². The maximum absolute atomic E-state index is 12.0. The fraction of sp³-hybridized carbons (Fsp3) is 0.278. The number of carbonyl (C=O) groups is 1. The fourth-order valence-electron chi connectivity index (χ4n) is 2.36. The van der Waals surface area contributed by atoms with Crippen molar-refractivity contribution in [3.8, 4) is 5.75 Å². The molecule has 1 aromatic heterocycles. The zero-order valence-electron chi connectivity index (χ0n) is 14.5. The van der Waals surface area contributed by atoms with E-state index in [4.69, 9.17) is 4.74 Å². The summed E-state index contributed by atoms with van der Waals surface area (Å²) in [5.41, 5.74) is 4.75. The van der Waals surface area contributed by atoms with Crippen molar-refractivity contribution in [3.05, 3.63) is 52.3 Å². The molecule has 132 valence electrons. The van der Waals surface area contributed by atoms with E-state index in [1.807, 2.05) is 12.1 Å². The van der Waals surface area contributed by atoms with E-state index in [-0.39, 0.29) is 5.91 Å². The molecule has 7 heteroatoms. The molecule has 6 nitrogen and oxygen atoms in total. The number of amides is 1. The van der Waals surface area contributed by atoms with E-state index >= 15 is 0 Å². The predicted octanol–water partition coefficient (Wildman–Crippen LogP) is 3.46. The van der Waals surface area contributed by atoms with E-state index in [0.717, 1.165) is 28.8 Å². The number of aromatic nitrogens is 1. The van der Waals surface area contributed by atoms with Crippen LogP contribution in [0.1, 0.15) is 29.8 Å². The molecule has 1 heterocycles. The normalized spacial score (nSPS) is 10.7. The molecular weight excluding hydrogens is 384 g/mol. The lowest BCUT2D eigenvalue weighted by atomic mass is 10.2. The van der Waals surface area contributed by atoms with Crippen molar-refractivity contribution in [2.45, 2.75) is 13.8 Å². The monoisotopic (exact) mass is 404 g/mol. The van der Waals surface area contributed by atoms with Gasteiger partial charge in [-0.1, -0.05) is 0 Å². The summed E-state index contributed by atoms with van der Waals surface area (Å²) >= 11 is 3.60. The molecular formula is C18H21BrN4O2. The predicted molar refractivity (Wildman–Crippen MR) is 104 cm³/mol. The zero-order chi connectivity index (χ0) is 18.2. The maximum atomic E-state index is 12.0.